The number of piperazine rings is 1. The van der Waals surface area contributed by atoms with Gasteiger partial charge in [-0.15, -0.1) is 0 Å². The molecule has 6 nitrogen and oxygen atoms in total. The number of nitrogens with one attached hydrogen (secondary N) is 1. The standard InChI is InChI=1S/C19H29N3O3/c1-19(2,3)18(24)22-12-10-21(11-13-22)16-7-5-15(6-8-16)17(23)20-9-14-25-4/h5-8H,9-14H2,1-4H3,(H,20,23). The average Bonchev–Trinajstić information content (AvgIpc) is 2.61. The largest absolute Gasteiger partial charge is 0.383 e. The summed E-state index contributed by atoms with van der Waals surface area (Å²) in [7, 11) is 1.61. The van der Waals surface area contributed by atoms with Gasteiger partial charge in [-0.25, -0.2) is 0 Å². The molecule has 1 aliphatic rings. The van der Waals surface area contributed by atoms with Gasteiger partial charge in [0.2, 0.25) is 5.91 Å². The molecule has 0 aromatic heterocycles. The molecule has 0 saturated carbocycles. The van der Waals surface area contributed by atoms with Crippen LogP contribution in [0.5, 0.6) is 0 Å². The highest BCUT2D eigenvalue weighted by Gasteiger charge is 2.29. The minimum atomic E-state index is -0.333. The maximum absolute atomic E-state index is 12.3. The topological polar surface area (TPSA) is 61.9 Å². The SMILES string of the molecule is COCCNC(=O)c1ccc(N2CCN(C(=O)C(C)(C)C)CC2)cc1. The highest BCUT2D eigenvalue weighted by atomic mass is 16.5. The molecular formula is C19H29N3O3. The first-order chi connectivity index (χ1) is 11.8. The summed E-state index contributed by atoms with van der Waals surface area (Å²) >= 11 is 0. The van der Waals surface area contributed by atoms with E-state index < -0.39 is 0 Å². The molecule has 1 saturated heterocycles. The molecule has 1 aliphatic heterocycles. The second-order valence-corrected chi connectivity index (χ2v) is 7.32. The number of benzene rings is 1. The van der Waals surface area contributed by atoms with Crippen molar-refractivity contribution >= 4 is 17.5 Å². The molecule has 1 aromatic rings. The van der Waals surface area contributed by atoms with Gasteiger partial charge in [0.15, 0.2) is 0 Å². The van der Waals surface area contributed by atoms with Crippen molar-refractivity contribution in [1.29, 1.82) is 0 Å². The van der Waals surface area contributed by atoms with Crippen LogP contribution in [0.4, 0.5) is 5.69 Å². The zero-order valence-corrected chi connectivity index (χ0v) is 15.7. The highest BCUT2D eigenvalue weighted by molar-refractivity contribution is 5.94. The van der Waals surface area contributed by atoms with Crippen molar-refractivity contribution in [2.75, 3.05) is 51.3 Å². The van der Waals surface area contributed by atoms with Crippen molar-refractivity contribution in [2.45, 2.75) is 20.8 Å². The second-order valence-electron chi connectivity index (χ2n) is 7.32. The molecule has 2 amide bonds. The van der Waals surface area contributed by atoms with Gasteiger partial charge in [-0.05, 0) is 24.3 Å². The lowest BCUT2D eigenvalue weighted by Gasteiger charge is -2.38. The van der Waals surface area contributed by atoms with Gasteiger partial charge >= 0.3 is 0 Å². The number of anilines is 1. The molecule has 0 atom stereocenters. The van der Waals surface area contributed by atoms with Gasteiger partial charge in [0.05, 0.1) is 6.61 Å². The Kier molecular flexibility index (Phi) is 6.42. The van der Waals surface area contributed by atoms with Crippen molar-refractivity contribution in [3.8, 4) is 0 Å². The summed E-state index contributed by atoms with van der Waals surface area (Å²) in [5.74, 6) is 0.111. The van der Waals surface area contributed by atoms with E-state index >= 15 is 0 Å². The monoisotopic (exact) mass is 347 g/mol. The van der Waals surface area contributed by atoms with Gasteiger partial charge in [0, 0.05) is 56.5 Å². The van der Waals surface area contributed by atoms with E-state index in [0.29, 0.717) is 18.7 Å². The Bertz CT molecular complexity index is 585. The second kappa shape index (κ2) is 8.34. The lowest BCUT2D eigenvalue weighted by molar-refractivity contribution is -0.139. The van der Waals surface area contributed by atoms with Crippen LogP contribution in [0.15, 0.2) is 24.3 Å². The molecule has 0 radical (unpaired) electrons. The van der Waals surface area contributed by atoms with Crippen LogP contribution in [0.1, 0.15) is 31.1 Å². The average molecular weight is 347 g/mol. The third-order valence-electron chi connectivity index (χ3n) is 4.29. The Morgan fingerprint density at radius 3 is 2.20 bits per heavy atom. The molecule has 1 fully saturated rings. The first kappa shape index (κ1) is 19.2. The fourth-order valence-electron chi connectivity index (χ4n) is 2.83. The first-order valence-corrected chi connectivity index (χ1v) is 8.74. The molecule has 0 bridgehead atoms. The molecule has 1 heterocycles. The summed E-state index contributed by atoms with van der Waals surface area (Å²) in [6.45, 7) is 9.95. The summed E-state index contributed by atoms with van der Waals surface area (Å²) in [4.78, 5) is 28.5. The van der Waals surface area contributed by atoms with Crippen molar-refractivity contribution in [2.24, 2.45) is 5.41 Å². The Labute approximate surface area is 150 Å². The molecule has 0 spiro atoms. The van der Waals surface area contributed by atoms with Gasteiger partial charge in [-0.2, -0.15) is 0 Å². The minimum absolute atomic E-state index is 0.0933. The third-order valence-corrected chi connectivity index (χ3v) is 4.29. The summed E-state index contributed by atoms with van der Waals surface area (Å²) in [5.41, 5.74) is 1.39. The lowest BCUT2D eigenvalue weighted by Crippen LogP contribution is -2.51. The van der Waals surface area contributed by atoms with Gasteiger partial charge in [-0.3, -0.25) is 9.59 Å². The Balaban J connectivity index is 1.89. The van der Waals surface area contributed by atoms with E-state index in [2.05, 4.69) is 10.2 Å². The van der Waals surface area contributed by atoms with Gasteiger partial charge in [0.25, 0.3) is 5.91 Å². The Morgan fingerprint density at radius 2 is 1.68 bits per heavy atom. The van der Waals surface area contributed by atoms with E-state index in [1.54, 1.807) is 7.11 Å². The smallest absolute Gasteiger partial charge is 0.251 e. The lowest BCUT2D eigenvalue weighted by atomic mass is 9.94. The van der Waals surface area contributed by atoms with Crippen molar-refractivity contribution in [3.63, 3.8) is 0 Å². The van der Waals surface area contributed by atoms with Crippen LogP contribution in [-0.2, 0) is 9.53 Å². The zero-order valence-electron chi connectivity index (χ0n) is 15.7. The van der Waals surface area contributed by atoms with Crippen LogP contribution in [0.25, 0.3) is 0 Å². The summed E-state index contributed by atoms with van der Waals surface area (Å²) in [5, 5.41) is 2.81. The highest BCUT2D eigenvalue weighted by Crippen LogP contribution is 2.21. The molecule has 138 valence electrons. The number of carbonyl (C=O) groups is 2. The number of carbonyl (C=O) groups excluding carboxylic acids is 2. The van der Waals surface area contributed by atoms with Crippen LogP contribution < -0.4 is 10.2 Å². The van der Waals surface area contributed by atoms with Crippen molar-refractivity contribution in [3.05, 3.63) is 29.8 Å². The predicted octanol–water partition coefficient (Wildman–Crippen LogP) is 1.76. The number of rotatable bonds is 5. The molecule has 1 aromatic carbocycles. The zero-order chi connectivity index (χ0) is 18.4. The van der Waals surface area contributed by atoms with Gasteiger partial charge in [-0.1, -0.05) is 20.8 Å². The molecule has 6 heteroatoms. The molecule has 0 aliphatic carbocycles. The Hall–Kier alpha value is -2.08. The van der Waals surface area contributed by atoms with Crippen LogP contribution >= 0.6 is 0 Å². The van der Waals surface area contributed by atoms with E-state index in [1.807, 2.05) is 49.9 Å². The number of methoxy groups -OCH3 is 1. The van der Waals surface area contributed by atoms with Crippen molar-refractivity contribution in [1.82, 2.24) is 10.2 Å². The van der Waals surface area contributed by atoms with E-state index in [0.717, 1.165) is 31.9 Å². The van der Waals surface area contributed by atoms with Crippen LogP contribution in [0, 0.1) is 5.41 Å². The van der Waals surface area contributed by atoms with Gasteiger partial charge < -0.3 is 19.9 Å². The minimum Gasteiger partial charge on any atom is -0.383 e. The van der Waals surface area contributed by atoms with E-state index in [1.165, 1.54) is 0 Å². The molecule has 1 N–H and O–H groups in total. The first-order valence-electron chi connectivity index (χ1n) is 8.74. The van der Waals surface area contributed by atoms with E-state index in [9.17, 15) is 9.59 Å². The maximum atomic E-state index is 12.3. The summed E-state index contributed by atoms with van der Waals surface area (Å²) < 4.78 is 4.92. The Morgan fingerprint density at radius 1 is 1.08 bits per heavy atom. The fraction of sp³-hybridized carbons (Fsp3) is 0.579. The number of ether oxygens (including phenoxy) is 1. The van der Waals surface area contributed by atoms with E-state index in [4.69, 9.17) is 4.74 Å². The quantitative estimate of drug-likeness (QED) is 0.825. The normalized spacial score (nSPS) is 15.2. The molecule has 0 unspecified atom stereocenters. The number of amides is 2. The molecular weight excluding hydrogens is 318 g/mol. The van der Waals surface area contributed by atoms with Gasteiger partial charge in [0.1, 0.15) is 0 Å². The number of hydrogen-bond acceptors (Lipinski definition) is 4. The van der Waals surface area contributed by atoms with Crippen molar-refractivity contribution < 1.29 is 14.3 Å². The van der Waals surface area contributed by atoms with E-state index in [-0.39, 0.29) is 17.2 Å². The third kappa shape index (κ3) is 5.19. The fourth-order valence-corrected chi connectivity index (χ4v) is 2.83. The molecule has 25 heavy (non-hydrogen) atoms. The maximum Gasteiger partial charge on any atom is 0.251 e. The summed E-state index contributed by atoms with van der Waals surface area (Å²) in [6.07, 6.45) is 0. The number of nitrogens with zero attached hydrogens (tertiary/aromatic N) is 2. The van der Waals surface area contributed by atoms with Crippen LogP contribution in [-0.4, -0.2) is 63.2 Å². The van der Waals surface area contributed by atoms with Crippen LogP contribution in [0.2, 0.25) is 0 Å². The number of hydrogen-bond donors (Lipinski definition) is 1. The molecule has 2 rings (SSSR count). The summed E-state index contributed by atoms with van der Waals surface area (Å²) in [6, 6.07) is 7.60. The predicted molar refractivity (Wildman–Crippen MR) is 98.9 cm³/mol. The van der Waals surface area contributed by atoms with Crippen LogP contribution in [0.3, 0.4) is 0 Å².